The normalized spacial score (nSPS) is 14.4. The van der Waals surface area contributed by atoms with Crippen LogP contribution < -0.4 is 0 Å². The van der Waals surface area contributed by atoms with E-state index >= 15 is 0 Å². The molecule has 0 aliphatic heterocycles. The standard InChI is InChI=1S/C66H124O17P2/c1-6-9-12-15-18-21-22-23-24-25-26-32-37-42-47-52-66(71)83-62(56-77-64(69)50-45-40-35-31-28-27-30-33-38-43-48-59(4)5)58-81-85(74,75)79-54-60(67)53-78-84(72,73)80-57-61(55-76-63(68)49-44-39-34-20-17-14-11-8-3)82-65(70)51-46-41-36-29-19-16-13-10-7-2/h21-24,59-62,67H,6-20,25-58H2,1-5H3,(H,72,73)(H,74,75)/b22-21-,24-23-/t60-,61+,62+/m0/s1. The Balaban J connectivity index is 5.26. The predicted molar refractivity (Wildman–Crippen MR) is 340 cm³/mol. The molecule has 500 valence electrons. The van der Waals surface area contributed by atoms with Crippen LogP contribution in [0.15, 0.2) is 24.3 Å². The van der Waals surface area contributed by atoms with E-state index in [9.17, 15) is 43.2 Å². The second-order valence-corrected chi connectivity index (χ2v) is 26.6. The van der Waals surface area contributed by atoms with Gasteiger partial charge in [0.2, 0.25) is 0 Å². The third kappa shape index (κ3) is 60.2. The SMILES string of the molecule is CCCCCC/C=C\C=C/CCCCCCCC(=O)O[C@H](COC(=O)CCCCCCCCCCCCC(C)C)COP(=O)(O)OC[C@@H](O)COP(=O)(O)OC[C@@H](COC(=O)CCCCCCCCCC)OC(=O)CCCCCCCCCCC. The van der Waals surface area contributed by atoms with Gasteiger partial charge in [-0.2, -0.15) is 0 Å². The maximum Gasteiger partial charge on any atom is 0.472 e. The number of phosphoric acid groups is 2. The fourth-order valence-corrected chi connectivity index (χ4v) is 11.0. The van der Waals surface area contributed by atoms with Crippen molar-refractivity contribution in [2.75, 3.05) is 39.6 Å². The molecule has 0 heterocycles. The number of allylic oxidation sites excluding steroid dienone is 4. The van der Waals surface area contributed by atoms with E-state index < -0.39 is 97.5 Å². The zero-order valence-electron chi connectivity index (χ0n) is 54.2. The van der Waals surface area contributed by atoms with E-state index in [1.165, 1.54) is 116 Å². The second-order valence-electron chi connectivity index (χ2n) is 23.6. The summed E-state index contributed by atoms with van der Waals surface area (Å²) in [7, 11) is -9.90. The number of hydrogen-bond donors (Lipinski definition) is 3. The fourth-order valence-electron chi connectivity index (χ4n) is 9.40. The smallest absolute Gasteiger partial charge is 0.462 e. The van der Waals surface area contributed by atoms with Crippen LogP contribution in [0.2, 0.25) is 0 Å². The number of phosphoric ester groups is 2. The molecule has 2 unspecified atom stereocenters. The molecule has 0 saturated carbocycles. The third-order valence-electron chi connectivity index (χ3n) is 14.7. The van der Waals surface area contributed by atoms with Crippen LogP contribution in [0.1, 0.15) is 311 Å². The number of carbonyl (C=O) groups excluding carboxylic acids is 4. The van der Waals surface area contributed by atoms with Gasteiger partial charge in [0.15, 0.2) is 12.2 Å². The van der Waals surface area contributed by atoms with Crippen molar-refractivity contribution in [3.63, 3.8) is 0 Å². The maximum absolute atomic E-state index is 13.0. The van der Waals surface area contributed by atoms with Crippen LogP contribution in [0.25, 0.3) is 0 Å². The highest BCUT2D eigenvalue weighted by molar-refractivity contribution is 7.47. The number of rotatable bonds is 64. The number of aliphatic hydroxyl groups is 1. The van der Waals surface area contributed by atoms with E-state index in [-0.39, 0.29) is 25.7 Å². The van der Waals surface area contributed by atoms with Crippen molar-refractivity contribution in [3.05, 3.63) is 24.3 Å². The molecule has 0 aliphatic rings. The Hall–Kier alpha value is -2.46. The summed E-state index contributed by atoms with van der Waals surface area (Å²) in [5.41, 5.74) is 0. The maximum atomic E-state index is 13.0. The highest BCUT2D eigenvalue weighted by Gasteiger charge is 2.30. The van der Waals surface area contributed by atoms with Crippen LogP contribution in [0.3, 0.4) is 0 Å². The van der Waals surface area contributed by atoms with Crippen molar-refractivity contribution in [2.24, 2.45) is 5.92 Å². The summed E-state index contributed by atoms with van der Waals surface area (Å²) in [6.07, 6.45) is 46.7. The first kappa shape index (κ1) is 82.5. The van der Waals surface area contributed by atoms with Gasteiger partial charge in [-0.05, 0) is 57.3 Å². The minimum atomic E-state index is -4.95. The summed E-state index contributed by atoms with van der Waals surface area (Å²) < 4.78 is 67.9. The largest absolute Gasteiger partial charge is 0.472 e. The lowest BCUT2D eigenvalue weighted by atomic mass is 10.0. The Labute approximate surface area is 516 Å². The minimum Gasteiger partial charge on any atom is -0.462 e. The molecule has 0 aliphatic carbocycles. The number of hydrogen-bond acceptors (Lipinski definition) is 15. The van der Waals surface area contributed by atoms with Crippen LogP contribution in [-0.4, -0.2) is 96.7 Å². The van der Waals surface area contributed by atoms with Crippen molar-refractivity contribution in [3.8, 4) is 0 Å². The molecule has 0 spiro atoms. The zero-order valence-corrected chi connectivity index (χ0v) is 56.0. The molecule has 0 aromatic carbocycles. The molecular weight excluding hydrogens is 1130 g/mol. The van der Waals surface area contributed by atoms with Crippen molar-refractivity contribution in [1.82, 2.24) is 0 Å². The molecule has 0 aromatic rings. The lowest BCUT2D eigenvalue weighted by molar-refractivity contribution is -0.161. The first-order valence-corrected chi connectivity index (χ1v) is 36.9. The average molecular weight is 1250 g/mol. The highest BCUT2D eigenvalue weighted by Crippen LogP contribution is 2.45. The molecular formula is C66H124O17P2. The summed E-state index contributed by atoms with van der Waals surface area (Å²) >= 11 is 0. The Kier molecular flexibility index (Phi) is 57.5. The second kappa shape index (κ2) is 59.2. The van der Waals surface area contributed by atoms with Gasteiger partial charge in [-0.3, -0.25) is 37.3 Å². The predicted octanol–water partition coefficient (Wildman–Crippen LogP) is 18.1. The van der Waals surface area contributed by atoms with Crippen LogP contribution in [0.5, 0.6) is 0 Å². The first-order chi connectivity index (χ1) is 41.0. The fraction of sp³-hybridized carbons (Fsp3) is 0.879. The summed E-state index contributed by atoms with van der Waals surface area (Å²) in [5, 5.41) is 10.5. The van der Waals surface area contributed by atoms with Gasteiger partial charge in [0, 0.05) is 25.7 Å². The number of unbranched alkanes of at least 4 members (excludes halogenated alkanes) is 33. The van der Waals surface area contributed by atoms with Crippen LogP contribution in [-0.2, 0) is 65.4 Å². The van der Waals surface area contributed by atoms with E-state index in [2.05, 4.69) is 58.9 Å². The van der Waals surface area contributed by atoms with Crippen molar-refractivity contribution >= 4 is 39.5 Å². The van der Waals surface area contributed by atoms with Gasteiger partial charge in [-0.25, -0.2) is 9.13 Å². The average Bonchev–Trinajstić information content (AvgIpc) is 3.55. The van der Waals surface area contributed by atoms with Gasteiger partial charge >= 0.3 is 39.5 Å². The Morgan fingerprint density at radius 1 is 0.365 bits per heavy atom. The van der Waals surface area contributed by atoms with Gasteiger partial charge < -0.3 is 33.8 Å². The lowest BCUT2D eigenvalue weighted by Crippen LogP contribution is -2.30. The minimum absolute atomic E-state index is 0.0848. The van der Waals surface area contributed by atoms with Crippen molar-refractivity contribution < 1.29 is 80.2 Å². The molecule has 0 saturated heterocycles. The van der Waals surface area contributed by atoms with E-state index in [1.807, 2.05) is 0 Å². The molecule has 0 fully saturated rings. The molecule has 3 N–H and O–H groups in total. The van der Waals surface area contributed by atoms with Gasteiger partial charge in [0.25, 0.3) is 0 Å². The third-order valence-corrected chi connectivity index (χ3v) is 16.6. The molecule has 0 rings (SSSR count). The quantitative estimate of drug-likeness (QED) is 0.0169. The number of esters is 4. The Bertz CT molecular complexity index is 1740. The molecule has 19 heteroatoms. The summed E-state index contributed by atoms with van der Waals surface area (Å²) in [6, 6.07) is 0. The Morgan fingerprint density at radius 3 is 0.965 bits per heavy atom. The van der Waals surface area contributed by atoms with Gasteiger partial charge in [0.05, 0.1) is 26.4 Å². The van der Waals surface area contributed by atoms with Gasteiger partial charge in [0.1, 0.15) is 19.3 Å². The van der Waals surface area contributed by atoms with E-state index in [0.717, 1.165) is 115 Å². The summed E-state index contributed by atoms with van der Waals surface area (Å²) in [5.74, 6) is -1.41. The lowest BCUT2D eigenvalue weighted by Gasteiger charge is -2.21. The molecule has 0 bridgehead atoms. The van der Waals surface area contributed by atoms with Gasteiger partial charge in [-0.15, -0.1) is 0 Å². The highest BCUT2D eigenvalue weighted by atomic mass is 31.2. The zero-order chi connectivity index (χ0) is 62.8. The molecule has 0 amide bonds. The van der Waals surface area contributed by atoms with Gasteiger partial charge in [-0.1, -0.05) is 258 Å². The Morgan fingerprint density at radius 2 is 0.635 bits per heavy atom. The molecule has 5 atom stereocenters. The number of aliphatic hydroxyl groups excluding tert-OH is 1. The van der Waals surface area contributed by atoms with Crippen LogP contribution in [0.4, 0.5) is 0 Å². The molecule has 0 aromatic heterocycles. The molecule has 0 radical (unpaired) electrons. The van der Waals surface area contributed by atoms with Crippen LogP contribution >= 0.6 is 15.6 Å². The molecule has 17 nitrogen and oxygen atoms in total. The molecule has 85 heavy (non-hydrogen) atoms. The van der Waals surface area contributed by atoms with E-state index in [4.69, 9.17) is 37.0 Å². The summed E-state index contributed by atoms with van der Waals surface area (Å²) in [6.45, 7) is 7.09. The monoisotopic (exact) mass is 1250 g/mol. The van der Waals surface area contributed by atoms with Crippen molar-refractivity contribution in [2.45, 2.75) is 329 Å². The topological polar surface area (TPSA) is 237 Å². The number of ether oxygens (including phenoxy) is 4. The first-order valence-electron chi connectivity index (χ1n) is 34.0. The van der Waals surface area contributed by atoms with Crippen molar-refractivity contribution in [1.29, 1.82) is 0 Å². The van der Waals surface area contributed by atoms with Crippen LogP contribution in [0, 0.1) is 5.92 Å². The van der Waals surface area contributed by atoms with E-state index in [1.54, 1.807) is 0 Å². The van der Waals surface area contributed by atoms with E-state index in [0.29, 0.717) is 25.7 Å². The summed E-state index contributed by atoms with van der Waals surface area (Å²) in [4.78, 5) is 72.2. The number of carbonyl (C=O) groups is 4.